The molecule has 0 atom stereocenters. The molecule has 20 heavy (non-hydrogen) atoms. The minimum Gasteiger partial charge on any atom is -0.343 e. The van der Waals surface area contributed by atoms with Crippen molar-refractivity contribution in [1.82, 2.24) is 9.80 Å². The Kier molecular flexibility index (Phi) is 6.50. The minimum atomic E-state index is 0.152. The summed E-state index contributed by atoms with van der Waals surface area (Å²) in [7, 11) is 0. The minimum absolute atomic E-state index is 0.152. The van der Waals surface area contributed by atoms with E-state index in [1.807, 2.05) is 4.90 Å². The number of amides is 2. The van der Waals surface area contributed by atoms with Gasteiger partial charge in [0, 0.05) is 39.0 Å². The van der Waals surface area contributed by atoms with Gasteiger partial charge in [-0.1, -0.05) is 20.8 Å². The largest absolute Gasteiger partial charge is 0.343 e. The van der Waals surface area contributed by atoms with Gasteiger partial charge >= 0.3 is 0 Å². The first-order valence-corrected chi connectivity index (χ1v) is 7.87. The standard InChI is InChI=1S/C12H20N2O2.C4H10/c1-9(15)13-7-5-12(6-8-13)14(10(2)16)11-3-4-11;1-4(2)3/h11-12H,3-8H2,1-2H3;4H,1-3H3. The molecule has 2 rings (SSSR count). The fourth-order valence-electron chi connectivity index (χ4n) is 2.62. The van der Waals surface area contributed by atoms with E-state index in [2.05, 4.69) is 25.7 Å². The van der Waals surface area contributed by atoms with Crippen LogP contribution in [0.2, 0.25) is 0 Å². The van der Waals surface area contributed by atoms with E-state index < -0.39 is 0 Å². The van der Waals surface area contributed by atoms with Crippen molar-refractivity contribution in [3.63, 3.8) is 0 Å². The smallest absolute Gasteiger partial charge is 0.219 e. The van der Waals surface area contributed by atoms with Crippen molar-refractivity contribution in [3.8, 4) is 0 Å². The van der Waals surface area contributed by atoms with Crippen molar-refractivity contribution in [1.29, 1.82) is 0 Å². The summed E-state index contributed by atoms with van der Waals surface area (Å²) in [6.45, 7) is 11.4. The third-order valence-corrected chi connectivity index (χ3v) is 3.61. The van der Waals surface area contributed by atoms with Crippen LogP contribution in [0.1, 0.15) is 60.3 Å². The van der Waals surface area contributed by atoms with Crippen LogP contribution in [0.15, 0.2) is 0 Å². The average Bonchev–Trinajstić information content (AvgIpc) is 3.13. The summed E-state index contributed by atoms with van der Waals surface area (Å²) in [5.41, 5.74) is 0. The van der Waals surface area contributed by atoms with Crippen LogP contribution in [-0.2, 0) is 9.59 Å². The van der Waals surface area contributed by atoms with Crippen molar-refractivity contribution in [3.05, 3.63) is 0 Å². The number of piperidine rings is 1. The van der Waals surface area contributed by atoms with Gasteiger partial charge in [0.15, 0.2) is 0 Å². The van der Waals surface area contributed by atoms with E-state index in [1.165, 1.54) is 0 Å². The fraction of sp³-hybridized carbons (Fsp3) is 0.875. The zero-order valence-corrected chi connectivity index (χ0v) is 13.7. The zero-order chi connectivity index (χ0) is 15.3. The first-order valence-electron chi connectivity index (χ1n) is 7.87. The molecule has 1 saturated heterocycles. The third-order valence-electron chi connectivity index (χ3n) is 3.61. The second kappa shape index (κ2) is 7.65. The van der Waals surface area contributed by atoms with Crippen LogP contribution in [0.5, 0.6) is 0 Å². The lowest BCUT2D eigenvalue weighted by Gasteiger charge is -2.38. The highest BCUT2D eigenvalue weighted by Gasteiger charge is 2.37. The normalized spacial score (nSPS) is 19.4. The Hall–Kier alpha value is -1.06. The van der Waals surface area contributed by atoms with Gasteiger partial charge in [0.1, 0.15) is 0 Å². The molecule has 4 nitrogen and oxygen atoms in total. The molecule has 1 aliphatic carbocycles. The average molecular weight is 282 g/mol. The predicted molar refractivity (Wildman–Crippen MR) is 81.3 cm³/mol. The van der Waals surface area contributed by atoms with Gasteiger partial charge in [-0.2, -0.15) is 0 Å². The van der Waals surface area contributed by atoms with Gasteiger partial charge < -0.3 is 9.80 Å². The molecule has 0 unspecified atom stereocenters. The SMILES string of the molecule is CC(=O)N1CCC(N(C(C)=O)C2CC2)CC1.CC(C)C. The highest BCUT2D eigenvalue weighted by molar-refractivity contribution is 5.75. The molecule has 0 N–H and O–H groups in total. The fourth-order valence-corrected chi connectivity index (χ4v) is 2.62. The number of carbonyl (C=O) groups is 2. The maximum Gasteiger partial charge on any atom is 0.219 e. The molecule has 0 aromatic heterocycles. The van der Waals surface area contributed by atoms with Gasteiger partial charge in [-0.15, -0.1) is 0 Å². The Bertz CT molecular complexity index is 327. The lowest BCUT2D eigenvalue weighted by atomic mass is 10.0. The molecule has 0 bridgehead atoms. The molecule has 4 heteroatoms. The van der Waals surface area contributed by atoms with Crippen LogP contribution in [0.4, 0.5) is 0 Å². The summed E-state index contributed by atoms with van der Waals surface area (Å²) in [5, 5.41) is 0. The van der Waals surface area contributed by atoms with E-state index in [0.29, 0.717) is 12.1 Å². The van der Waals surface area contributed by atoms with E-state index in [9.17, 15) is 9.59 Å². The molecule has 116 valence electrons. The van der Waals surface area contributed by atoms with Gasteiger partial charge in [-0.05, 0) is 31.6 Å². The Labute approximate surface area is 123 Å². The molecule has 2 fully saturated rings. The zero-order valence-electron chi connectivity index (χ0n) is 13.7. The van der Waals surface area contributed by atoms with Crippen LogP contribution in [0.3, 0.4) is 0 Å². The number of carbonyl (C=O) groups excluding carboxylic acids is 2. The summed E-state index contributed by atoms with van der Waals surface area (Å²) in [5.74, 6) is 1.18. The summed E-state index contributed by atoms with van der Waals surface area (Å²) in [6.07, 6.45) is 4.20. The molecule has 2 amide bonds. The number of likely N-dealkylation sites (tertiary alicyclic amines) is 1. The van der Waals surface area contributed by atoms with Crippen LogP contribution in [0.25, 0.3) is 0 Å². The first-order chi connectivity index (χ1) is 9.32. The maximum absolute atomic E-state index is 11.6. The monoisotopic (exact) mass is 282 g/mol. The Balaban J connectivity index is 0.000000444. The van der Waals surface area contributed by atoms with E-state index >= 15 is 0 Å². The maximum atomic E-state index is 11.6. The molecule has 1 aliphatic heterocycles. The highest BCUT2D eigenvalue weighted by atomic mass is 16.2. The van der Waals surface area contributed by atoms with E-state index in [4.69, 9.17) is 0 Å². The summed E-state index contributed by atoms with van der Waals surface area (Å²) in [4.78, 5) is 26.7. The molecular formula is C16H30N2O2. The predicted octanol–water partition coefficient (Wildman–Crippen LogP) is 2.67. The quantitative estimate of drug-likeness (QED) is 0.781. The first kappa shape index (κ1) is 17.0. The van der Waals surface area contributed by atoms with Crippen molar-refractivity contribution in [2.45, 2.75) is 72.4 Å². The number of hydrogen-bond acceptors (Lipinski definition) is 2. The topological polar surface area (TPSA) is 40.6 Å². The van der Waals surface area contributed by atoms with Gasteiger partial charge in [-0.3, -0.25) is 9.59 Å². The molecule has 0 aromatic rings. The van der Waals surface area contributed by atoms with Gasteiger partial charge in [0.05, 0.1) is 0 Å². The van der Waals surface area contributed by atoms with E-state index in [1.54, 1.807) is 13.8 Å². The van der Waals surface area contributed by atoms with Crippen LogP contribution >= 0.6 is 0 Å². The molecule has 0 radical (unpaired) electrons. The second-order valence-electron chi connectivity index (χ2n) is 6.63. The van der Waals surface area contributed by atoms with Crippen molar-refractivity contribution < 1.29 is 9.59 Å². The lowest BCUT2D eigenvalue weighted by Crippen LogP contribution is -2.48. The van der Waals surface area contributed by atoms with Gasteiger partial charge in [0.25, 0.3) is 0 Å². The summed E-state index contributed by atoms with van der Waals surface area (Å²) < 4.78 is 0. The molecule has 1 saturated carbocycles. The summed E-state index contributed by atoms with van der Waals surface area (Å²) in [6, 6.07) is 0.854. The number of rotatable bonds is 2. The Morgan fingerprint density at radius 2 is 1.35 bits per heavy atom. The van der Waals surface area contributed by atoms with Crippen LogP contribution in [-0.4, -0.2) is 46.8 Å². The third kappa shape index (κ3) is 5.51. The molecule has 0 aromatic carbocycles. The van der Waals surface area contributed by atoms with Crippen molar-refractivity contribution in [2.24, 2.45) is 5.92 Å². The summed E-state index contributed by atoms with van der Waals surface area (Å²) >= 11 is 0. The molecular weight excluding hydrogens is 252 g/mol. The van der Waals surface area contributed by atoms with Crippen LogP contribution < -0.4 is 0 Å². The molecule has 1 heterocycles. The van der Waals surface area contributed by atoms with Crippen molar-refractivity contribution >= 4 is 11.8 Å². The van der Waals surface area contributed by atoms with Crippen LogP contribution in [0, 0.1) is 5.92 Å². The van der Waals surface area contributed by atoms with Gasteiger partial charge in [-0.25, -0.2) is 0 Å². The van der Waals surface area contributed by atoms with E-state index in [0.717, 1.165) is 44.7 Å². The second-order valence-corrected chi connectivity index (χ2v) is 6.63. The van der Waals surface area contributed by atoms with Gasteiger partial charge in [0.2, 0.25) is 11.8 Å². The van der Waals surface area contributed by atoms with E-state index in [-0.39, 0.29) is 11.8 Å². The molecule has 2 aliphatic rings. The highest BCUT2D eigenvalue weighted by Crippen LogP contribution is 2.31. The Morgan fingerprint density at radius 1 is 0.950 bits per heavy atom. The lowest BCUT2D eigenvalue weighted by molar-refractivity contribution is -0.134. The molecule has 0 spiro atoms. The number of nitrogens with zero attached hydrogens (tertiary/aromatic N) is 2. The number of hydrogen-bond donors (Lipinski definition) is 0. The Morgan fingerprint density at radius 3 is 1.65 bits per heavy atom. The van der Waals surface area contributed by atoms with Crippen molar-refractivity contribution in [2.75, 3.05) is 13.1 Å².